The van der Waals surface area contributed by atoms with E-state index in [1.54, 1.807) is 0 Å². The molecule has 0 aliphatic heterocycles. The van der Waals surface area contributed by atoms with Crippen molar-refractivity contribution in [2.45, 2.75) is 44.8 Å². The van der Waals surface area contributed by atoms with Crippen LogP contribution in [0.15, 0.2) is 5.38 Å². The second-order valence-electron chi connectivity index (χ2n) is 4.35. The minimum Gasteiger partial charge on any atom is -0.391 e. The maximum absolute atomic E-state index is 11.7. The number of amides is 2. The maximum atomic E-state index is 11.7. The van der Waals surface area contributed by atoms with Gasteiger partial charge in [-0.1, -0.05) is 12.8 Å². The molecule has 1 fully saturated rings. The zero-order chi connectivity index (χ0) is 12.3. The molecule has 6 heteroatoms. The molecule has 2 amide bonds. The molecule has 1 aromatic rings. The quantitative estimate of drug-likeness (QED) is 0.755. The first-order valence-electron chi connectivity index (χ1n) is 5.83. The van der Waals surface area contributed by atoms with Crippen molar-refractivity contribution >= 4 is 22.5 Å². The minimum absolute atomic E-state index is 0.134. The van der Waals surface area contributed by atoms with Crippen molar-refractivity contribution in [3.05, 3.63) is 11.1 Å². The first kappa shape index (κ1) is 12.3. The SMILES string of the molecule is Cc1csc(NC(=O)NC2CCCCC2O)n1. The first-order chi connectivity index (χ1) is 8.15. The van der Waals surface area contributed by atoms with E-state index in [0.29, 0.717) is 5.13 Å². The van der Waals surface area contributed by atoms with Gasteiger partial charge in [0.2, 0.25) is 0 Å². The number of nitrogens with zero attached hydrogens (tertiary/aromatic N) is 1. The summed E-state index contributed by atoms with van der Waals surface area (Å²) in [6.07, 6.45) is 3.27. The minimum atomic E-state index is -0.424. The Morgan fingerprint density at radius 1 is 1.53 bits per heavy atom. The largest absolute Gasteiger partial charge is 0.391 e. The van der Waals surface area contributed by atoms with E-state index in [0.717, 1.165) is 31.4 Å². The summed E-state index contributed by atoms with van der Waals surface area (Å²) in [6, 6.07) is -0.421. The summed E-state index contributed by atoms with van der Waals surface area (Å²) in [6.45, 7) is 1.88. The average molecular weight is 255 g/mol. The van der Waals surface area contributed by atoms with E-state index in [1.807, 2.05) is 12.3 Å². The van der Waals surface area contributed by atoms with Crippen LogP contribution < -0.4 is 10.6 Å². The van der Waals surface area contributed by atoms with Crippen LogP contribution in [0.5, 0.6) is 0 Å². The molecule has 3 N–H and O–H groups in total. The fourth-order valence-corrected chi connectivity index (χ4v) is 2.68. The number of carbonyl (C=O) groups excluding carboxylic acids is 1. The number of rotatable bonds is 2. The third-order valence-electron chi connectivity index (χ3n) is 2.89. The van der Waals surface area contributed by atoms with Crippen molar-refractivity contribution in [2.75, 3.05) is 5.32 Å². The number of nitrogens with one attached hydrogen (secondary N) is 2. The lowest BCUT2D eigenvalue weighted by Crippen LogP contribution is -2.46. The fourth-order valence-electron chi connectivity index (χ4n) is 1.99. The van der Waals surface area contributed by atoms with Gasteiger partial charge in [0.1, 0.15) is 0 Å². The van der Waals surface area contributed by atoms with Crippen LogP contribution in [0.4, 0.5) is 9.93 Å². The molecule has 1 aromatic heterocycles. The highest BCUT2D eigenvalue weighted by molar-refractivity contribution is 7.13. The smallest absolute Gasteiger partial charge is 0.321 e. The monoisotopic (exact) mass is 255 g/mol. The number of aromatic nitrogens is 1. The van der Waals surface area contributed by atoms with Gasteiger partial charge in [-0.15, -0.1) is 11.3 Å². The van der Waals surface area contributed by atoms with Gasteiger partial charge in [-0.3, -0.25) is 5.32 Å². The number of thiazole rings is 1. The van der Waals surface area contributed by atoms with Gasteiger partial charge in [0, 0.05) is 5.38 Å². The fraction of sp³-hybridized carbons (Fsp3) is 0.636. The molecule has 0 aromatic carbocycles. The van der Waals surface area contributed by atoms with Crippen molar-refractivity contribution in [3.8, 4) is 0 Å². The Labute approximate surface area is 104 Å². The second-order valence-corrected chi connectivity index (χ2v) is 5.21. The van der Waals surface area contributed by atoms with Crippen LogP contribution in [-0.2, 0) is 0 Å². The predicted octanol–water partition coefficient (Wildman–Crippen LogP) is 1.88. The van der Waals surface area contributed by atoms with Crippen LogP contribution in [0.1, 0.15) is 31.4 Å². The van der Waals surface area contributed by atoms with E-state index < -0.39 is 6.10 Å². The van der Waals surface area contributed by atoms with Crippen LogP contribution in [0, 0.1) is 6.92 Å². The van der Waals surface area contributed by atoms with Crippen molar-refractivity contribution in [2.24, 2.45) is 0 Å². The number of urea groups is 1. The summed E-state index contributed by atoms with van der Waals surface area (Å²) >= 11 is 1.40. The number of hydrogen-bond donors (Lipinski definition) is 3. The van der Waals surface area contributed by atoms with Crippen LogP contribution in [0.3, 0.4) is 0 Å². The van der Waals surface area contributed by atoms with Gasteiger partial charge in [0.25, 0.3) is 0 Å². The molecular formula is C11H17N3O2S. The Morgan fingerprint density at radius 2 is 2.29 bits per heavy atom. The summed E-state index contributed by atoms with van der Waals surface area (Å²) in [4.78, 5) is 15.8. The van der Waals surface area contributed by atoms with Gasteiger partial charge in [0.15, 0.2) is 5.13 Å². The molecule has 2 atom stereocenters. The number of aliphatic hydroxyl groups excluding tert-OH is 1. The van der Waals surface area contributed by atoms with Gasteiger partial charge in [-0.2, -0.15) is 0 Å². The summed E-state index contributed by atoms with van der Waals surface area (Å²) in [5.74, 6) is 0. The van der Waals surface area contributed by atoms with E-state index in [4.69, 9.17) is 0 Å². The third-order valence-corrected chi connectivity index (χ3v) is 3.76. The van der Waals surface area contributed by atoms with Gasteiger partial charge in [-0.05, 0) is 19.8 Å². The summed E-state index contributed by atoms with van der Waals surface area (Å²) in [5.41, 5.74) is 0.892. The number of aryl methyl sites for hydroxylation is 1. The third kappa shape index (κ3) is 3.41. The molecule has 0 bridgehead atoms. The van der Waals surface area contributed by atoms with Gasteiger partial charge >= 0.3 is 6.03 Å². The van der Waals surface area contributed by atoms with Gasteiger partial charge in [-0.25, -0.2) is 9.78 Å². The van der Waals surface area contributed by atoms with Crippen LogP contribution in [0.2, 0.25) is 0 Å². The maximum Gasteiger partial charge on any atom is 0.321 e. The lowest BCUT2D eigenvalue weighted by atomic mass is 9.93. The van der Waals surface area contributed by atoms with E-state index in [1.165, 1.54) is 11.3 Å². The van der Waals surface area contributed by atoms with E-state index in [-0.39, 0.29) is 12.1 Å². The van der Waals surface area contributed by atoms with Crippen LogP contribution >= 0.6 is 11.3 Å². The number of hydrogen-bond acceptors (Lipinski definition) is 4. The topological polar surface area (TPSA) is 74.2 Å². The molecule has 1 heterocycles. The standard InChI is InChI=1S/C11H17N3O2S/c1-7-6-17-11(12-7)14-10(16)13-8-4-2-3-5-9(8)15/h6,8-9,15H,2-5H2,1H3,(H2,12,13,14,16). The second kappa shape index (κ2) is 5.46. The number of carbonyl (C=O) groups is 1. The Kier molecular flexibility index (Phi) is 3.96. The molecule has 0 saturated heterocycles. The Balaban J connectivity index is 1.84. The highest BCUT2D eigenvalue weighted by atomic mass is 32.1. The lowest BCUT2D eigenvalue weighted by Gasteiger charge is -2.28. The Hall–Kier alpha value is -1.14. The summed E-state index contributed by atoms with van der Waals surface area (Å²) in [7, 11) is 0. The number of aliphatic hydroxyl groups is 1. The van der Waals surface area contributed by atoms with Crippen molar-refractivity contribution < 1.29 is 9.90 Å². The predicted molar refractivity (Wildman–Crippen MR) is 67.3 cm³/mol. The molecular weight excluding hydrogens is 238 g/mol. The molecule has 0 spiro atoms. The molecule has 5 nitrogen and oxygen atoms in total. The highest BCUT2D eigenvalue weighted by Crippen LogP contribution is 2.19. The van der Waals surface area contributed by atoms with E-state index >= 15 is 0 Å². The first-order valence-corrected chi connectivity index (χ1v) is 6.71. The molecule has 2 rings (SSSR count). The molecule has 1 aliphatic rings. The highest BCUT2D eigenvalue weighted by Gasteiger charge is 2.24. The molecule has 0 radical (unpaired) electrons. The van der Waals surface area contributed by atoms with Crippen molar-refractivity contribution in [1.82, 2.24) is 10.3 Å². The average Bonchev–Trinajstić information content (AvgIpc) is 2.67. The zero-order valence-corrected chi connectivity index (χ0v) is 10.6. The van der Waals surface area contributed by atoms with E-state index in [9.17, 15) is 9.90 Å². The Morgan fingerprint density at radius 3 is 2.94 bits per heavy atom. The van der Waals surface area contributed by atoms with Crippen molar-refractivity contribution in [3.63, 3.8) is 0 Å². The van der Waals surface area contributed by atoms with E-state index in [2.05, 4.69) is 15.6 Å². The molecule has 2 unspecified atom stereocenters. The van der Waals surface area contributed by atoms with Gasteiger partial charge in [0.05, 0.1) is 17.8 Å². The summed E-state index contributed by atoms with van der Waals surface area (Å²) in [5, 5.41) is 17.7. The summed E-state index contributed by atoms with van der Waals surface area (Å²) < 4.78 is 0. The van der Waals surface area contributed by atoms with Crippen LogP contribution in [0.25, 0.3) is 0 Å². The lowest BCUT2D eigenvalue weighted by molar-refractivity contribution is 0.0955. The molecule has 1 aliphatic carbocycles. The molecule has 17 heavy (non-hydrogen) atoms. The molecule has 1 saturated carbocycles. The van der Waals surface area contributed by atoms with Gasteiger partial charge < -0.3 is 10.4 Å². The van der Waals surface area contributed by atoms with Crippen molar-refractivity contribution in [1.29, 1.82) is 0 Å². The zero-order valence-electron chi connectivity index (χ0n) is 9.77. The number of anilines is 1. The Bertz CT molecular complexity index is 394. The van der Waals surface area contributed by atoms with Crippen LogP contribution in [-0.4, -0.2) is 28.3 Å². The molecule has 94 valence electrons. The normalized spacial score (nSPS) is 24.4.